The van der Waals surface area contributed by atoms with Crippen LogP contribution in [0, 0.1) is 5.82 Å². The zero-order valence-corrected chi connectivity index (χ0v) is 87.0. The minimum atomic E-state index is -5.39. The van der Waals surface area contributed by atoms with Gasteiger partial charge in [0, 0.05) is 264 Å². The first-order chi connectivity index (χ1) is 71.0. The molecule has 8 aromatic heterocycles. The average Bonchev–Trinajstić information content (AvgIpc) is 1.07. The fourth-order valence-corrected chi connectivity index (χ4v) is 18.3. The number of likely N-dealkylation sites (N-methyl/N-ethyl adjacent to an activating group) is 2. The van der Waals surface area contributed by atoms with E-state index in [0.717, 1.165) is 176 Å². The first-order valence-electron chi connectivity index (χ1n) is 48.0. The number of aromatic nitrogens is 16. The minimum Gasteiger partial charge on any atom is -0.497 e. The van der Waals surface area contributed by atoms with Crippen molar-refractivity contribution in [3.63, 3.8) is 0 Å². The summed E-state index contributed by atoms with van der Waals surface area (Å²) in [6.45, 7) is 12.8. The third-order valence-corrected chi connectivity index (χ3v) is 26.2. The number of carbonyl (C=O) groups is 1. The fourth-order valence-electron chi connectivity index (χ4n) is 17.7. The number of benzene rings is 8. The molecule has 10 heterocycles. The van der Waals surface area contributed by atoms with Crippen LogP contribution in [0.15, 0.2) is 220 Å². The SMILES string of the molecule is CNC(=O)Cn1cc(-c2cnc3ccc(N(CCCN)c4cc(OC)cc(OC)c4)cc3n2)cn1.CNCCN(c1cc(F)cc(OC)c1)c1ccc2ncc(-c3cnn(C)c3)nc2c1.COc1cc(OC)cc(N(CCCN2CCC[C@H]2CNS(=O)(=O)C(F)(F)F)c2ccc3ncc(-c4cnn(C)c4)nc3c2)c1.COc1cc(OC)cc(N(CCCN2C[C@@H](C)N[C@@H](C)C2)c2ccc3ncc(-c4cnn(C)c4)nc3c2)c1.S. The lowest BCUT2D eigenvalue weighted by molar-refractivity contribution is -0.121. The lowest BCUT2D eigenvalue weighted by Gasteiger charge is -2.36. The first-order valence-corrected chi connectivity index (χ1v) is 49.5. The number of amides is 1. The van der Waals surface area contributed by atoms with Gasteiger partial charge in [-0.1, -0.05) is 0 Å². The number of nitrogens with two attached hydrogens (primary N) is 1. The van der Waals surface area contributed by atoms with E-state index in [2.05, 4.69) is 114 Å². The van der Waals surface area contributed by atoms with Crippen LogP contribution in [-0.2, 0) is 42.5 Å². The summed E-state index contributed by atoms with van der Waals surface area (Å²) in [5.41, 5.74) is 20.3. The van der Waals surface area contributed by atoms with Gasteiger partial charge in [-0.05, 0) is 151 Å². The fraction of sp³-hybridized carbons (Fsp3) is 0.343. The second-order valence-corrected chi connectivity index (χ2v) is 37.3. The summed E-state index contributed by atoms with van der Waals surface area (Å²) in [7, 11) is 15.0. The molecular weight excluding hydrogens is 1940 g/mol. The third kappa shape index (κ3) is 27.8. The molecule has 43 heteroatoms. The van der Waals surface area contributed by atoms with Crippen molar-refractivity contribution >= 4 is 119 Å². The number of rotatable bonds is 38. The molecule has 3 atom stereocenters. The van der Waals surface area contributed by atoms with Crippen molar-refractivity contribution in [3.8, 4) is 85.3 Å². The second-order valence-electron chi connectivity index (χ2n) is 35.5. The highest BCUT2D eigenvalue weighted by Gasteiger charge is 2.46. The number of aryl methyl sites for hydroxylation is 3. The number of methoxy groups -OCH3 is 7. The van der Waals surface area contributed by atoms with Gasteiger partial charge in [0.15, 0.2) is 0 Å². The van der Waals surface area contributed by atoms with E-state index in [-0.39, 0.29) is 44.4 Å². The molecule has 37 nitrogen and oxygen atoms in total. The van der Waals surface area contributed by atoms with Gasteiger partial charge in [0.05, 0.1) is 166 Å². The summed E-state index contributed by atoms with van der Waals surface area (Å²) in [5.74, 6) is 4.14. The van der Waals surface area contributed by atoms with Gasteiger partial charge < -0.3 is 79.3 Å². The minimum absolute atomic E-state index is 0. The Balaban J connectivity index is 0.000000157. The van der Waals surface area contributed by atoms with Crippen LogP contribution in [0.2, 0.25) is 0 Å². The van der Waals surface area contributed by atoms with Crippen LogP contribution in [0.4, 0.5) is 63.1 Å². The Morgan fingerprint density at radius 2 is 0.804 bits per heavy atom. The van der Waals surface area contributed by atoms with Crippen LogP contribution in [0.3, 0.4) is 0 Å². The number of halogens is 4. The summed E-state index contributed by atoms with van der Waals surface area (Å²) in [6, 6.07) is 46.6. The van der Waals surface area contributed by atoms with E-state index >= 15 is 0 Å². The molecule has 18 rings (SSSR count). The highest BCUT2D eigenvalue weighted by Crippen LogP contribution is 2.41. The number of nitrogens with zero attached hydrogens (tertiary/aromatic N) is 22. The van der Waals surface area contributed by atoms with Gasteiger partial charge in [0.1, 0.15) is 52.6 Å². The molecule has 8 aromatic carbocycles. The molecule has 16 aromatic rings. The lowest BCUT2D eigenvalue weighted by atomic mass is 10.1. The van der Waals surface area contributed by atoms with E-state index < -0.39 is 15.5 Å². The normalized spacial score (nSPS) is 14.2. The van der Waals surface area contributed by atoms with Crippen LogP contribution >= 0.6 is 13.5 Å². The number of anilines is 8. The Morgan fingerprint density at radius 3 is 1.16 bits per heavy atom. The summed E-state index contributed by atoms with van der Waals surface area (Å²) >= 11 is 0. The Morgan fingerprint density at radius 1 is 0.453 bits per heavy atom. The Kier molecular flexibility index (Phi) is 37.0. The second kappa shape index (κ2) is 50.4. The number of piperazine rings is 1. The van der Waals surface area contributed by atoms with Crippen LogP contribution in [0.5, 0.6) is 40.2 Å². The van der Waals surface area contributed by atoms with Gasteiger partial charge in [-0.15, -0.1) is 0 Å². The highest BCUT2D eigenvalue weighted by atomic mass is 32.2. The maximum Gasteiger partial charge on any atom is 0.511 e. The molecule has 0 spiro atoms. The number of hydrogen-bond acceptors (Lipinski definition) is 31. The van der Waals surface area contributed by atoms with E-state index in [4.69, 9.17) is 58.8 Å². The van der Waals surface area contributed by atoms with E-state index in [9.17, 15) is 30.8 Å². The molecular formula is C105H125F4N27O10S2. The van der Waals surface area contributed by atoms with Crippen LogP contribution < -0.4 is 79.2 Å². The Bertz CT molecular complexity index is 7230. The molecule has 0 unspecified atom stereocenters. The molecule has 2 aliphatic rings. The van der Waals surface area contributed by atoms with Crippen molar-refractivity contribution in [2.45, 2.75) is 76.1 Å². The number of alkyl halides is 3. The molecule has 2 fully saturated rings. The number of sulfonamides is 1. The van der Waals surface area contributed by atoms with E-state index in [1.54, 1.807) is 129 Å². The number of nitrogens with one attached hydrogen (secondary N) is 4. The quantitative estimate of drug-likeness (QED) is 0.0224. The Labute approximate surface area is 863 Å². The van der Waals surface area contributed by atoms with Gasteiger partial charge in [0.25, 0.3) is 0 Å². The van der Waals surface area contributed by atoms with Crippen molar-refractivity contribution in [1.82, 2.24) is 109 Å². The van der Waals surface area contributed by atoms with Crippen LogP contribution in [0.1, 0.15) is 46.0 Å². The number of likely N-dealkylation sites (tertiary alicyclic amines) is 1. The molecule has 0 aliphatic carbocycles. The third-order valence-electron chi connectivity index (χ3n) is 25.0. The largest absolute Gasteiger partial charge is 0.511 e. The molecule has 148 heavy (non-hydrogen) atoms. The van der Waals surface area contributed by atoms with Crippen molar-refractivity contribution in [2.24, 2.45) is 26.9 Å². The van der Waals surface area contributed by atoms with Crippen LogP contribution in [0.25, 0.3) is 89.2 Å². The molecule has 1 amide bonds. The van der Waals surface area contributed by atoms with E-state index in [1.165, 1.54) is 19.2 Å². The van der Waals surface area contributed by atoms with Crippen molar-refractivity contribution in [2.75, 3.05) is 162 Å². The molecule has 2 aliphatic heterocycles. The topological polar surface area (TPSA) is 384 Å². The number of carbonyl (C=O) groups excluding carboxylic acids is 1. The lowest BCUT2D eigenvalue weighted by Crippen LogP contribution is -2.54. The van der Waals surface area contributed by atoms with Crippen molar-refractivity contribution < 1.29 is 63.9 Å². The van der Waals surface area contributed by atoms with Crippen LogP contribution in [-0.4, -0.2) is 269 Å². The van der Waals surface area contributed by atoms with Crippen molar-refractivity contribution in [3.05, 3.63) is 226 Å². The van der Waals surface area contributed by atoms with E-state index in [1.807, 2.05) is 166 Å². The zero-order valence-electron chi connectivity index (χ0n) is 85.2. The summed E-state index contributed by atoms with van der Waals surface area (Å²) in [5, 5.41) is 26.3. The smallest absolute Gasteiger partial charge is 0.497 e. The summed E-state index contributed by atoms with van der Waals surface area (Å²) in [4.78, 5) is 62.6. The molecule has 780 valence electrons. The Hall–Kier alpha value is -15.0. The van der Waals surface area contributed by atoms with Crippen molar-refractivity contribution in [1.29, 1.82) is 0 Å². The monoisotopic (exact) mass is 2060 g/mol. The summed E-state index contributed by atoms with van der Waals surface area (Å²) in [6.07, 6.45) is 25.3. The zero-order chi connectivity index (χ0) is 104. The highest BCUT2D eigenvalue weighted by molar-refractivity contribution is 7.90. The molecule has 2 saturated heterocycles. The van der Waals surface area contributed by atoms with Gasteiger partial charge in [0.2, 0.25) is 5.91 Å². The molecule has 0 radical (unpaired) electrons. The van der Waals surface area contributed by atoms with Gasteiger partial charge in [-0.3, -0.25) is 48.4 Å². The molecule has 6 N–H and O–H groups in total. The molecule has 0 saturated carbocycles. The van der Waals surface area contributed by atoms with Gasteiger partial charge in [-0.25, -0.2) is 37.5 Å². The number of fused-ring (bicyclic) bond motifs is 4. The van der Waals surface area contributed by atoms with Gasteiger partial charge in [-0.2, -0.15) is 47.1 Å². The molecule has 0 bridgehead atoms. The maximum atomic E-state index is 14.2. The standard InChI is InChI=1S/C29H34F3N7O4S.C29H37N7O2.C25H29N7O3.C22H23FN6O.H2S/c1-37-19-20(16-34-37)28-18-33-26-8-7-21(14-27(26)36-28)39(23-12-24(42-2)15-25(13-23)43-3)11-5-10-38-9-4-6-22(38)17-35-44(40,41)29(30,31)32;1-20-17-35(18-21(2)32-20)9-6-10-36(24-11-25(37-4)14-26(12-24)38-5)23-7-8-27-28(13-23)33-29(16-30-27)22-15-31-34(3)19-22;1-27-25(33)16-31-15-17(13-29-31)24-14-28-22-6-5-18(11-23(22)30-24)32(8-4-7-26)19-9-20(34-2)12-21(10-19)35-3;1-24-6-7-29(18-8-16(23)9-19(10-18)30-3)17-4-5-20-21(11-17)27-22(13-25-20)15-12-26-28(2)14-15;/h7-8,12-16,18-19,22,35H,4-6,9-11,17H2,1-3H3;7-8,11-16,19-21,32H,6,9-10,17-18H2,1-5H3;5-6,9-15H,4,7-8,16,26H2,1-3H3,(H,27,33);4-5,8-14,24H,6-7H2,1-3H3;1H2/t22-;20-,21+;;;/m0..../s1. The first kappa shape index (κ1) is 109. The number of ether oxygens (including phenoxy) is 7. The van der Waals surface area contributed by atoms with E-state index in [0.29, 0.717) is 116 Å². The maximum absolute atomic E-state index is 14.2. The summed E-state index contributed by atoms with van der Waals surface area (Å²) < 4.78 is 123. The predicted molar refractivity (Wildman–Crippen MR) is 573 cm³/mol. The average molecular weight is 2070 g/mol. The predicted octanol–water partition coefficient (Wildman–Crippen LogP) is 15.1. The number of hydrogen-bond donors (Lipinski definition) is 5. The van der Waals surface area contributed by atoms with Gasteiger partial charge >= 0.3 is 15.5 Å².